The van der Waals surface area contributed by atoms with E-state index in [1.807, 2.05) is 6.20 Å². The Morgan fingerprint density at radius 3 is 2.69 bits per heavy atom. The van der Waals surface area contributed by atoms with Crippen LogP contribution < -0.4 is 11.1 Å². The molecular weight excluding hydrogens is 370 g/mol. The normalized spacial score (nSPS) is 19.9. The third kappa shape index (κ3) is 6.46. The Hall–Kier alpha value is -3.13. The van der Waals surface area contributed by atoms with Gasteiger partial charge in [0.25, 0.3) is 5.91 Å². The minimum Gasteiger partial charge on any atom is -0.496 e. The average Bonchev–Trinajstić information content (AvgIpc) is 2.70. The first-order chi connectivity index (χ1) is 13.8. The van der Waals surface area contributed by atoms with Crippen LogP contribution in [0, 0.1) is 5.41 Å². The molecule has 1 aliphatic carbocycles. The smallest absolute Gasteiger partial charge is 0.259 e. The summed E-state index contributed by atoms with van der Waals surface area (Å²) in [5.41, 5.74) is 7.86. The average molecular weight is 399 g/mol. The van der Waals surface area contributed by atoms with Gasteiger partial charge >= 0.3 is 0 Å². The van der Waals surface area contributed by atoms with Gasteiger partial charge < -0.3 is 31.0 Å². The lowest BCUT2D eigenvalue weighted by atomic mass is 9.97. The molecule has 0 unspecified atom stereocenters. The zero-order chi connectivity index (χ0) is 21.4. The number of likely N-dealkylation sites (tertiary alicyclic amines) is 1. The number of ether oxygens (including phenoxy) is 1. The molecule has 1 heterocycles. The largest absolute Gasteiger partial charge is 0.496 e. The number of hydrogen-bond donors (Lipinski definition) is 3. The molecule has 2 rings (SSSR count). The molecule has 8 heteroatoms. The van der Waals surface area contributed by atoms with Gasteiger partial charge in [-0.15, -0.1) is 0 Å². The van der Waals surface area contributed by atoms with E-state index in [1.165, 1.54) is 12.0 Å². The Balaban J connectivity index is 2.16. The fraction of sp³-hybridized carbons (Fsp3) is 0.381. The van der Waals surface area contributed by atoms with E-state index in [0.717, 1.165) is 25.9 Å². The van der Waals surface area contributed by atoms with Crippen molar-refractivity contribution in [1.82, 2.24) is 15.1 Å². The number of amides is 2. The first-order valence-corrected chi connectivity index (χ1v) is 9.46. The Kier molecular flexibility index (Phi) is 7.97. The molecular formula is C21H29N5O3. The number of carbonyl (C=O) groups is 2. The molecule has 0 aromatic rings. The number of nitrogens with two attached hydrogens (primary N) is 1. The SMILES string of the molecule is COC1=CC(=N)/C(=C\N2CCC(N)CC2)C=C1C(=O)N/C(C)=C/C=C\N(C)C=O. The van der Waals surface area contributed by atoms with E-state index >= 15 is 0 Å². The van der Waals surface area contributed by atoms with Crippen LogP contribution >= 0.6 is 0 Å². The number of hydrogen-bond acceptors (Lipinski definition) is 6. The van der Waals surface area contributed by atoms with Crippen molar-refractivity contribution in [3.63, 3.8) is 0 Å². The molecule has 0 atom stereocenters. The van der Waals surface area contributed by atoms with Gasteiger partial charge in [-0.2, -0.15) is 0 Å². The van der Waals surface area contributed by atoms with Crippen LogP contribution in [0.2, 0.25) is 0 Å². The Morgan fingerprint density at radius 2 is 2.07 bits per heavy atom. The van der Waals surface area contributed by atoms with Gasteiger partial charge in [-0.3, -0.25) is 9.59 Å². The molecule has 2 aliphatic rings. The highest BCUT2D eigenvalue weighted by atomic mass is 16.5. The van der Waals surface area contributed by atoms with Gasteiger partial charge in [0.05, 0.1) is 18.4 Å². The third-order valence-corrected chi connectivity index (χ3v) is 4.66. The molecule has 0 spiro atoms. The lowest BCUT2D eigenvalue weighted by Gasteiger charge is -2.30. The van der Waals surface area contributed by atoms with Crippen molar-refractivity contribution in [2.45, 2.75) is 25.8 Å². The molecule has 1 saturated heterocycles. The number of carbonyl (C=O) groups excluding carboxylic acids is 2. The van der Waals surface area contributed by atoms with Crippen LogP contribution in [0.25, 0.3) is 0 Å². The van der Waals surface area contributed by atoms with Crippen LogP contribution in [-0.2, 0) is 14.3 Å². The van der Waals surface area contributed by atoms with Gasteiger partial charge in [0, 0.05) is 55.9 Å². The molecule has 8 nitrogen and oxygen atoms in total. The second-order valence-corrected chi connectivity index (χ2v) is 7.06. The number of nitrogens with one attached hydrogen (secondary N) is 2. The van der Waals surface area contributed by atoms with Gasteiger partial charge in [0.1, 0.15) is 5.76 Å². The van der Waals surface area contributed by atoms with E-state index in [0.29, 0.717) is 34.7 Å². The van der Waals surface area contributed by atoms with Crippen LogP contribution in [-0.4, -0.2) is 61.1 Å². The Labute approximate surface area is 171 Å². The summed E-state index contributed by atoms with van der Waals surface area (Å²) in [7, 11) is 3.09. The van der Waals surface area contributed by atoms with Crippen LogP contribution in [0.1, 0.15) is 19.8 Å². The van der Waals surface area contributed by atoms with Gasteiger partial charge in [-0.25, -0.2) is 0 Å². The molecule has 0 saturated carbocycles. The summed E-state index contributed by atoms with van der Waals surface area (Å²) in [5, 5.41) is 11.1. The van der Waals surface area contributed by atoms with Gasteiger partial charge in [0.2, 0.25) is 6.41 Å². The van der Waals surface area contributed by atoms with Crippen molar-refractivity contribution in [1.29, 1.82) is 5.41 Å². The first kappa shape index (κ1) is 22.2. The van der Waals surface area contributed by atoms with Crippen LogP contribution in [0.4, 0.5) is 0 Å². The zero-order valence-electron chi connectivity index (χ0n) is 17.1. The number of piperidine rings is 1. The van der Waals surface area contributed by atoms with Crippen molar-refractivity contribution < 1.29 is 14.3 Å². The molecule has 4 N–H and O–H groups in total. The van der Waals surface area contributed by atoms with Crippen molar-refractivity contribution in [2.75, 3.05) is 27.2 Å². The fourth-order valence-corrected chi connectivity index (χ4v) is 2.94. The maximum Gasteiger partial charge on any atom is 0.259 e. The second kappa shape index (κ2) is 10.4. The van der Waals surface area contributed by atoms with E-state index < -0.39 is 0 Å². The summed E-state index contributed by atoms with van der Waals surface area (Å²) in [6, 6.07) is 0.224. The van der Waals surface area contributed by atoms with Crippen molar-refractivity contribution in [2.24, 2.45) is 5.73 Å². The Morgan fingerprint density at radius 1 is 1.38 bits per heavy atom. The summed E-state index contributed by atoms with van der Waals surface area (Å²) in [5.74, 6) is 0.0115. The number of rotatable bonds is 7. The molecule has 1 aliphatic heterocycles. The highest BCUT2D eigenvalue weighted by Gasteiger charge is 2.23. The van der Waals surface area contributed by atoms with E-state index in [9.17, 15) is 9.59 Å². The predicted molar refractivity (Wildman–Crippen MR) is 113 cm³/mol. The number of allylic oxidation sites excluding steroid dienone is 6. The third-order valence-electron chi connectivity index (χ3n) is 4.66. The lowest BCUT2D eigenvalue weighted by molar-refractivity contribution is -0.117. The Bertz CT molecular complexity index is 799. The van der Waals surface area contributed by atoms with E-state index in [-0.39, 0.29) is 11.9 Å². The quantitative estimate of drug-likeness (QED) is 0.443. The standard InChI is InChI=1S/C21H29N5O3/c1-15(5-4-8-25(2)14-27)24-21(28)18-11-16(19(23)12-20(18)29-3)13-26-9-6-17(22)7-10-26/h4-5,8,11-14,17,23H,6-7,9-10,22H2,1-3H3,(H,24,28)/b8-4-,15-5+,16-13-,23-19?. The first-order valence-electron chi connectivity index (χ1n) is 9.46. The molecule has 29 heavy (non-hydrogen) atoms. The van der Waals surface area contributed by atoms with Crippen molar-refractivity contribution in [3.05, 3.63) is 59.3 Å². The molecule has 2 amide bonds. The highest BCUT2D eigenvalue weighted by Crippen LogP contribution is 2.23. The molecule has 156 valence electrons. The highest BCUT2D eigenvalue weighted by molar-refractivity contribution is 6.14. The summed E-state index contributed by atoms with van der Waals surface area (Å²) in [4.78, 5) is 26.8. The van der Waals surface area contributed by atoms with Gasteiger partial charge in [0.15, 0.2) is 0 Å². The topological polar surface area (TPSA) is 112 Å². The minimum atomic E-state index is -0.331. The van der Waals surface area contributed by atoms with Gasteiger partial charge in [-0.05, 0) is 38.0 Å². The van der Waals surface area contributed by atoms with Crippen LogP contribution in [0.3, 0.4) is 0 Å². The molecule has 0 aromatic carbocycles. The van der Waals surface area contributed by atoms with Crippen LogP contribution in [0.15, 0.2) is 59.3 Å². The molecule has 0 bridgehead atoms. The molecule has 0 radical (unpaired) electrons. The summed E-state index contributed by atoms with van der Waals surface area (Å²) >= 11 is 0. The zero-order valence-corrected chi connectivity index (χ0v) is 17.1. The monoisotopic (exact) mass is 399 g/mol. The van der Waals surface area contributed by atoms with E-state index in [1.54, 1.807) is 44.5 Å². The summed E-state index contributed by atoms with van der Waals surface area (Å²) in [6.07, 6.45) is 12.6. The second-order valence-electron chi connectivity index (χ2n) is 7.06. The molecule has 1 fully saturated rings. The fourth-order valence-electron chi connectivity index (χ4n) is 2.94. The predicted octanol–water partition coefficient (Wildman–Crippen LogP) is 1.41. The molecule has 0 aromatic heterocycles. The van der Waals surface area contributed by atoms with Crippen LogP contribution in [0.5, 0.6) is 0 Å². The maximum atomic E-state index is 12.8. The van der Waals surface area contributed by atoms with Crippen molar-refractivity contribution >= 4 is 18.0 Å². The van der Waals surface area contributed by atoms with E-state index in [4.69, 9.17) is 15.9 Å². The lowest BCUT2D eigenvalue weighted by Crippen LogP contribution is -2.37. The van der Waals surface area contributed by atoms with Gasteiger partial charge in [-0.1, -0.05) is 0 Å². The van der Waals surface area contributed by atoms with Crippen molar-refractivity contribution in [3.8, 4) is 0 Å². The maximum absolute atomic E-state index is 12.8. The minimum absolute atomic E-state index is 0.224. The summed E-state index contributed by atoms with van der Waals surface area (Å²) < 4.78 is 5.31. The number of methoxy groups -OCH3 is 1. The van der Waals surface area contributed by atoms with E-state index in [2.05, 4.69) is 10.2 Å². The number of nitrogens with zero attached hydrogens (tertiary/aromatic N) is 2. The summed E-state index contributed by atoms with van der Waals surface area (Å²) in [6.45, 7) is 3.41.